The van der Waals surface area contributed by atoms with Crippen LogP contribution in [0.1, 0.15) is 46.5 Å². The van der Waals surface area contributed by atoms with Gasteiger partial charge in [0, 0.05) is 19.0 Å². The van der Waals surface area contributed by atoms with E-state index in [0.29, 0.717) is 5.92 Å². The molecule has 1 amide bonds. The third kappa shape index (κ3) is 9.42. The standard InChI is InChI=1S/C13H28N2O.ClH/c1-5-7-8-12(6-2)10-15-13(16)11(3)9-14-4;/h11-12,14H,5-10H2,1-4H3,(H,15,16);1H. The van der Waals surface area contributed by atoms with Crippen molar-refractivity contribution < 1.29 is 4.79 Å². The number of hydrogen-bond acceptors (Lipinski definition) is 2. The SMILES string of the molecule is CCCCC(CC)CNC(=O)C(C)CNC.Cl. The number of halogens is 1. The summed E-state index contributed by atoms with van der Waals surface area (Å²) in [6, 6.07) is 0. The molecular formula is C13H29ClN2O. The molecule has 0 aromatic rings. The normalized spacial score (nSPS) is 13.6. The van der Waals surface area contributed by atoms with Gasteiger partial charge in [-0.1, -0.05) is 40.0 Å². The van der Waals surface area contributed by atoms with E-state index in [1.165, 1.54) is 19.3 Å². The Hall–Kier alpha value is -0.280. The van der Waals surface area contributed by atoms with Crippen LogP contribution in [0.25, 0.3) is 0 Å². The molecule has 0 aliphatic rings. The zero-order valence-corrected chi connectivity index (χ0v) is 12.5. The van der Waals surface area contributed by atoms with E-state index in [2.05, 4.69) is 24.5 Å². The molecule has 4 heteroatoms. The Morgan fingerprint density at radius 1 is 1.24 bits per heavy atom. The van der Waals surface area contributed by atoms with E-state index in [9.17, 15) is 4.79 Å². The van der Waals surface area contributed by atoms with Gasteiger partial charge in [0.15, 0.2) is 0 Å². The van der Waals surface area contributed by atoms with E-state index < -0.39 is 0 Å². The molecule has 0 aliphatic carbocycles. The van der Waals surface area contributed by atoms with Gasteiger partial charge in [0.05, 0.1) is 0 Å². The van der Waals surface area contributed by atoms with E-state index in [-0.39, 0.29) is 24.2 Å². The quantitative estimate of drug-likeness (QED) is 0.672. The lowest BCUT2D eigenvalue weighted by atomic mass is 9.99. The Balaban J connectivity index is 0. The third-order valence-electron chi connectivity index (χ3n) is 3.07. The second kappa shape index (κ2) is 12.2. The fourth-order valence-electron chi connectivity index (χ4n) is 1.76. The van der Waals surface area contributed by atoms with Crippen LogP contribution >= 0.6 is 12.4 Å². The van der Waals surface area contributed by atoms with Gasteiger partial charge >= 0.3 is 0 Å². The molecule has 0 saturated heterocycles. The van der Waals surface area contributed by atoms with Gasteiger partial charge in [0.2, 0.25) is 5.91 Å². The van der Waals surface area contributed by atoms with Crippen molar-refractivity contribution in [3.63, 3.8) is 0 Å². The number of carbonyl (C=O) groups excluding carboxylic acids is 1. The predicted molar refractivity (Wildman–Crippen MR) is 76.7 cm³/mol. The number of hydrogen-bond donors (Lipinski definition) is 2. The molecule has 2 atom stereocenters. The molecule has 17 heavy (non-hydrogen) atoms. The molecule has 2 N–H and O–H groups in total. The van der Waals surface area contributed by atoms with Crippen LogP contribution in [-0.4, -0.2) is 26.0 Å². The van der Waals surface area contributed by atoms with Crippen LogP contribution in [0, 0.1) is 11.8 Å². The molecule has 0 radical (unpaired) electrons. The number of nitrogens with one attached hydrogen (secondary N) is 2. The van der Waals surface area contributed by atoms with Gasteiger partial charge in [-0.3, -0.25) is 4.79 Å². The molecular weight excluding hydrogens is 236 g/mol. The lowest BCUT2D eigenvalue weighted by Crippen LogP contribution is -2.36. The van der Waals surface area contributed by atoms with Crippen molar-refractivity contribution in [1.29, 1.82) is 0 Å². The van der Waals surface area contributed by atoms with Gasteiger partial charge < -0.3 is 10.6 Å². The minimum Gasteiger partial charge on any atom is -0.356 e. The van der Waals surface area contributed by atoms with Crippen molar-refractivity contribution in [1.82, 2.24) is 10.6 Å². The lowest BCUT2D eigenvalue weighted by molar-refractivity contribution is -0.124. The van der Waals surface area contributed by atoms with E-state index in [4.69, 9.17) is 0 Å². The van der Waals surface area contributed by atoms with Crippen molar-refractivity contribution in [2.45, 2.75) is 46.5 Å². The summed E-state index contributed by atoms with van der Waals surface area (Å²) in [5.41, 5.74) is 0. The second-order valence-electron chi connectivity index (χ2n) is 4.62. The minimum atomic E-state index is 0. The highest BCUT2D eigenvalue weighted by Crippen LogP contribution is 2.11. The average molecular weight is 265 g/mol. The average Bonchev–Trinajstić information content (AvgIpc) is 2.29. The van der Waals surface area contributed by atoms with Gasteiger partial charge in [-0.25, -0.2) is 0 Å². The van der Waals surface area contributed by atoms with Gasteiger partial charge in [0.1, 0.15) is 0 Å². The summed E-state index contributed by atoms with van der Waals surface area (Å²) in [6.45, 7) is 7.95. The van der Waals surface area contributed by atoms with Crippen LogP contribution < -0.4 is 10.6 Å². The fourth-order valence-corrected chi connectivity index (χ4v) is 1.76. The predicted octanol–water partition coefficient (Wildman–Crippen LogP) is 2.60. The van der Waals surface area contributed by atoms with E-state index in [1.807, 2.05) is 14.0 Å². The molecule has 0 fully saturated rings. The first-order valence-electron chi connectivity index (χ1n) is 6.57. The third-order valence-corrected chi connectivity index (χ3v) is 3.07. The van der Waals surface area contributed by atoms with Crippen LogP contribution in [0.15, 0.2) is 0 Å². The van der Waals surface area contributed by atoms with Crippen molar-refractivity contribution in [2.75, 3.05) is 20.1 Å². The van der Waals surface area contributed by atoms with Crippen molar-refractivity contribution in [3.05, 3.63) is 0 Å². The monoisotopic (exact) mass is 264 g/mol. The largest absolute Gasteiger partial charge is 0.356 e. The molecule has 0 rings (SSSR count). The van der Waals surface area contributed by atoms with Crippen molar-refractivity contribution in [2.24, 2.45) is 11.8 Å². The highest BCUT2D eigenvalue weighted by Gasteiger charge is 2.13. The van der Waals surface area contributed by atoms with E-state index in [0.717, 1.165) is 19.5 Å². The van der Waals surface area contributed by atoms with E-state index >= 15 is 0 Å². The fraction of sp³-hybridized carbons (Fsp3) is 0.923. The maximum absolute atomic E-state index is 11.7. The Morgan fingerprint density at radius 2 is 1.88 bits per heavy atom. The lowest BCUT2D eigenvalue weighted by Gasteiger charge is -2.17. The molecule has 104 valence electrons. The molecule has 2 unspecified atom stereocenters. The zero-order valence-electron chi connectivity index (χ0n) is 11.7. The Morgan fingerprint density at radius 3 is 2.35 bits per heavy atom. The first-order chi connectivity index (χ1) is 7.65. The summed E-state index contributed by atoms with van der Waals surface area (Å²) in [7, 11) is 1.87. The number of rotatable bonds is 9. The Kier molecular flexibility index (Phi) is 13.7. The topological polar surface area (TPSA) is 41.1 Å². The summed E-state index contributed by atoms with van der Waals surface area (Å²) in [5, 5.41) is 6.07. The number of amides is 1. The number of carbonyl (C=O) groups is 1. The molecule has 0 spiro atoms. The van der Waals surface area contributed by atoms with E-state index in [1.54, 1.807) is 0 Å². The Labute approximate surface area is 113 Å². The summed E-state index contributed by atoms with van der Waals surface area (Å²) in [6.07, 6.45) is 4.88. The van der Waals surface area contributed by atoms with Crippen LogP contribution in [0.5, 0.6) is 0 Å². The number of unbranched alkanes of at least 4 members (excludes halogenated alkanes) is 1. The van der Waals surface area contributed by atoms with Crippen LogP contribution in [0.2, 0.25) is 0 Å². The maximum atomic E-state index is 11.7. The summed E-state index contributed by atoms with van der Waals surface area (Å²) < 4.78 is 0. The highest BCUT2D eigenvalue weighted by molar-refractivity contribution is 5.85. The van der Waals surface area contributed by atoms with Crippen LogP contribution in [-0.2, 0) is 4.79 Å². The molecule has 0 aromatic carbocycles. The van der Waals surface area contributed by atoms with Gasteiger partial charge in [-0.2, -0.15) is 0 Å². The van der Waals surface area contributed by atoms with Gasteiger partial charge in [0.25, 0.3) is 0 Å². The van der Waals surface area contributed by atoms with Crippen LogP contribution in [0.4, 0.5) is 0 Å². The Bertz CT molecular complexity index is 188. The second-order valence-corrected chi connectivity index (χ2v) is 4.62. The van der Waals surface area contributed by atoms with Gasteiger partial charge in [-0.05, 0) is 19.4 Å². The van der Waals surface area contributed by atoms with Crippen molar-refractivity contribution >= 4 is 18.3 Å². The summed E-state index contributed by atoms with van der Waals surface area (Å²) in [4.78, 5) is 11.7. The van der Waals surface area contributed by atoms with Crippen molar-refractivity contribution in [3.8, 4) is 0 Å². The molecule has 0 bridgehead atoms. The molecule has 0 aliphatic heterocycles. The first-order valence-corrected chi connectivity index (χ1v) is 6.57. The molecule has 0 heterocycles. The maximum Gasteiger partial charge on any atom is 0.224 e. The smallest absolute Gasteiger partial charge is 0.224 e. The minimum absolute atomic E-state index is 0. The first kappa shape index (κ1) is 19.1. The zero-order chi connectivity index (χ0) is 12.4. The molecule has 0 saturated carbocycles. The summed E-state index contributed by atoms with van der Waals surface area (Å²) in [5.74, 6) is 0.878. The summed E-state index contributed by atoms with van der Waals surface area (Å²) >= 11 is 0. The van der Waals surface area contributed by atoms with Gasteiger partial charge in [-0.15, -0.1) is 12.4 Å². The molecule has 3 nitrogen and oxygen atoms in total. The van der Waals surface area contributed by atoms with Crippen LogP contribution in [0.3, 0.4) is 0 Å². The molecule has 0 aromatic heterocycles. The highest BCUT2D eigenvalue weighted by atomic mass is 35.5.